The molecule has 3 rings (SSSR count). The van der Waals surface area contributed by atoms with Crippen molar-refractivity contribution < 1.29 is 28.5 Å². The Morgan fingerprint density at radius 1 is 0.971 bits per heavy atom. The van der Waals surface area contributed by atoms with Crippen LogP contribution in [-0.4, -0.2) is 43.8 Å². The number of amides is 1. The smallest absolute Gasteiger partial charge is 0.338 e. The molecule has 180 valence electrons. The Labute approximate surface area is 199 Å². The summed E-state index contributed by atoms with van der Waals surface area (Å²) in [6.07, 6.45) is 4.05. The summed E-state index contributed by atoms with van der Waals surface area (Å²) in [6.45, 7) is 2.39. The minimum atomic E-state index is -0.868. The normalized spacial score (nSPS) is 14.4. The third-order valence-corrected chi connectivity index (χ3v) is 5.47. The zero-order valence-corrected chi connectivity index (χ0v) is 19.4. The van der Waals surface area contributed by atoms with Gasteiger partial charge >= 0.3 is 5.97 Å². The fraction of sp³-hybridized carbons (Fsp3) is 0.423. The van der Waals surface area contributed by atoms with E-state index in [1.54, 1.807) is 12.1 Å². The van der Waals surface area contributed by atoms with Crippen LogP contribution in [0.2, 0.25) is 0 Å². The van der Waals surface area contributed by atoms with Gasteiger partial charge in [-0.05, 0) is 50.1 Å². The zero-order valence-electron chi connectivity index (χ0n) is 19.4. The summed E-state index contributed by atoms with van der Waals surface area (Å²) in [6, 6.07) is 16.3. The molecule has 0 aromatic heterocycles. The summed E-state index contributed by atoms with van der Waals surface area (Å²) in [5.74, 6) is 0.472. The highest BCUT2D eigenvalue weighted by atomic mass is 16.5. The molecule has 0 heterocycles. The molecule has 0 saturated heterocycles. The number of hydrogen-bond acceptors (Lipinski definition) is 7. The second kappa shape index (κ2) is 12.5. The Balaban J connectivity index is 1.52. The van der Waals surface area contributed by atoms with Crippen LogP contribution in [0.25, 0.3) is 0 Å². The number of hydrogen-bond donors (Lipinski definition) is 1. The maximum Gasteiger partial charge on any atom is 0.338 e. The molecule has 1 fully saturated rings. The van der Waals surface area contributed by atoms with Crippen molar-refractivity contribution in [1.29, 1.82) is 5.26 Å². The Bertz CT molecular complexity index is 996. The molecule has 34 heavy (non-hydrogen) atoms. The molecule has 1 aliphatic carbocycles. The van der Waals surface area contributed by atoms with Crippen molar-refractivity contribution in [1.82, 2.24) is 5.32 Å². The number of nitriles is 1. The maximum absolute atomic E-state index is 12.5. The van der Waals surface area contributed by atoms with Crippen molar-refractivity contribution in [3.63, 3.8) is 0 Å². The molecule has 0 radical (unpaired) electrons. The highest BCUT2D eigenvalue weighted by Gasteiger charge is 2.33. The largest absolute Gasteiger partial charge is 0.490 e. The van der Waals surface area contributed by atoms with Crippen LogP contribution in [0.3, 0.4) is 0 Å². The highest BCUT2D eigenvalue weighted by molar-refractivity contribution is 5.92. The standard InChI is InChI=1S/C26H30N2O6/c1-2-31-23-17-20(11-12-22(23)33-16-15-32-21-9-5-3-6-10-21)25(30)34-18-24(29)28-26(19-27)13-7-4-8-14-26/h3,5-6,9-12,17H,2,4,7-8,13-16,18H2,1H3,(H,28,29). The quantitative estimate of drug-likeness (QED) is 0.393. The molecule has 1 saturated carbocycles. The number of benzene rings is 2. The summed E-state index contributed by atoms with van der Waals surface area (Å²) in [7, 11) is 0. The van der Waals surface area contributed by atoms with Gasteiger partial charge < -0.3 is 24.3 Å². The van der Waals surface area contributed by atoms with Crippen LogP contribution >= 0.6 is 0 Å². The summed E-state index contributed by atoms with van der Waals surface area (Å²) in [5, 5.41) is 12.2. The van der Waals surface area contributed by atoms with E-state index in [2.05, 4.69) is 11.4 Å². The molecular weight excluding hydrogens is 436 g/mol. The van der Waals surface area contributed by atoms with Gasteiger partial charge in [0.25, 0.3) is 5.91 Å². The minimum Gasteiger partial charge on any atom is -0.490 e. The van der Waals surface area contributed by atoms with E-state index in [0.717, 1.165) is 25.0 Å². The lowest BCUT2D eigenvalue weighted by Crippen LogP contribution is -2.50. The fourth-order valence-electron chi connectivity index (χ4n) is 3.79. The van der Waals surface area contributed by atoms with Gasteiger partial charge in [0.2, 0.25) is 0 Å². The van der Waals surface area contributed by atoms with E-state index < -0.39 is 24.0 Å². The molecule has 1 aliphatic rings. The first-order valence-electron chi connectivity index (χ1n) is 11.5. The van der Waals surface area contributed by atoms with E-state index in [1.807, 2.05) is 37.3 Å². The van der Waals surface area contributed by atoms with Crippen molar-refractivity contribution in [3.05, 3.63) is 54.1 Å². The third kappa shape index (κ3) is 7.14. The van der Waals surface area contributed by atoms with Crippen molar-refractivity contribution in [2.45, 2.75) is 44.6 Å². The molecule has 1 N–H and O–H groups in total. The van der Waals surface area contributed by atoms with E-state index in [-0.39, 0.29) is 5.56 Å². The number of rotatable bonds is 11. The van der Waals surface area contributed by atoms with Gasteiger partial charge in [-0.1, -0.05) is 37.5 Å². The third-order valence-electron chi connectivity index (χ3n) is 5.47. The van der Waals surface area contributed by atoms with Crippen LogP contribution in [0.15, 0.2) is 48.5 Å². The number of carbonyl (C=O) groups is 2. The van der Waals surface area contributed by atoms with Crippen LogP contribution < -0.4 is 19.5 Å². The molecule has 2 aromatic carbocycles. The molecule has 2 aromatic rings. The van der Waals surface area contributed by atoms with Gasteiger partial charge in [0, 0.05) is 0 Å². The number of nitrogens with one attached hydrogen (secondary N) is 1. The van der Waals surface area contributed by atoms with Crippen LogP contribution in [-0.2, 0) is 9.53 Å². The first-order valence-corrected chi connectivity index (χ1v) is 11.5. The first kappa shape index (κ1) is 24.9. The van der Waals surface area contributed by atoms with E-state index in [4.69, 9.17) is 18.9 Å². The number of para-hydroxylation sites is 1. The lowest BCUT2D eigenvalue weighted by molar-refractivity contribution is -0.125. The van der Waals surface area contributed by atoms with Gasteiger partial charge in [0.1, 0.15) is 24.5 Å². The SMILES string of the molecule is CCOc1cc(C(=O)OCC(=O)NC2(C#N)CCCCC2)ccc1OCCOc1ccccc1. The van der Waals surface area contributed by atoms with Crippen LogP contribution in [0.5, 0.6) is 17.2 Å². The fourth-order valence-corrected chi connectivity index (χ4v) is 3.79. The number of ether oxygens (including phenoxy) is 4. The second-order valence-electron chi connectivity index (χ2n) is 7.98. The predicted molar refractivity (Wildman–Crippen MR) is 125 cm³/mol. The van der Waals surface area contributed by atoms with E-state index >= 15 is 0 Å². The average Bonchev–Trinajstić information content (AvgIpc) is 2.87. The summed E-state index contributed by atoms with van der Waals surface area (Å²) in [5.41, 5.74) is -0.635. The lowest BCUT2D eigenvalue weighted by atomic mass is 9.83. The van der Waals surface area contributed by atoms with Gasteiger partial charge in [0.05, 0.1) is 18.2 Å². The van der Waals surface area contributed by atoms with Crippen molar-refractivity contribution in [2.24, 2.45) is 0 Å². The second-order valence-corrected chi connectivity index (χ2v) is 7.98. The summed E-state index contributed by atoms with van der Waals surface area (Å²) in [4.78, 5) is 24.8. The molecule has 8 nitrogen and oxygen atoms in total. The molecule has 0 bridgehead atoms. The zero-order chi connectivity index (χ0) is 24.2. The molecule has 0 unspecified atom stereocenters. The van der Waals surface area contributed by atoms with Crippen LogP contribution in [0.1, 0.15) is 49.4 Å². The van der Waals surface area contributed by atoms with Gasteiger partial charge in [-0.2, -0.15) is 5.26 Å². The van der Waals surface area contributed by atoms with E-state index in [0.29, 0.717) is 44.2 Å². The molecular formula is C26H30N2O6. The van der Waals surface area contributed by atoms with Gasteiger partial charge in [0.15, 0.2) is 18.1 Å². The molecule has 0 spiro atoms. The highest BCUT2D eigenvalue weighted by Crippen LogP contribution is 2.29. The Morgan fingerprint density at radius 2 is 1.71 bits per heavy atom. The number of esters is 1. The van der Waals surface area contributed by atoms with E-state index in [9.17, 15) is 14.9 Å². The molecule has 8 heteroatoms. The topological polar surface area (TPSA) is 107 Å². The van der Waals surface area contributed by atoms with Gasteiger partial charge in [-0.3, -0.25) is 4.79 Å². The Kier molecular flexibility index (Phi) is 9.15. The molecule has 0 atom stereocenters. The van der Waals surface area contributed by atoms with Crippen LogP contribution in [0.4, 0.5) is 0 Å². The van der Waals surface area contributed by atoms with Gasteiger partial charge in [-0.25, -0.2) is 4.79 Å². The van der Waals surface area contributed by atoms with Crippen LogP contribution in [0, 0.1) is 11.3 Å². The van der Waals surface area contributed by atoms with Crippen molar-refractivity contribution >= 4 is 11.9 Å². The van der Waals surface area contributed by atoms with Crippen molar-refractivity contribution in [2.75, 3.05) is 26.4 Å². The Hall–Kier alpha value is -3.73. The summed E-state index contributed by atoms with van der Waals surface area (Å²) < 4.78 is 22.1. The first-order chi connectivity index (χ1) is 16.5. The molecule has 1 amide bonds. The molecule has 0 aliphatic heterocycles. The van der Waals surface area contributed by atoms with Gasteiger partial charge in [-0.15, -0.1) is 0 Å². The monoisotopic (exact) mass is 466 g/mol. The maximum atomic E-state index is 12.5. The minimum absolute atomic E-state index is 0.233. The van der Waals surface area contributed by atoms with E-state index in [1.165, 1.54) is 6.07 Å². The Morgan fingerprint density at radius 3 is 2.41 bits per heavy atom. The lowest BCUT2D eigenvalue weighted by Gasteiger charge is -2.31. The average molecular weight is 467 g/mol. The summed E-state index contributed by atoms with van der Waals surface area (Å²) >= 11 is 0. The van der Waals surface area contributed by atoms with Crippen molar-refractivity contribution in [3.8, 4) is 23.3 Å². The number of carbonyl (C=O) groups excluding carboxylic acids is 2. The number of nitrogens with zero attached hydrogens (tertiary/aromatic N) is 1. The predicted octanol–water partition coefficient (Wildman–Crippen LogP) is 4.04.